The van der Waals surface area contributed by atoms with Gasteiger partial charge < -0.3 is 20.1 Å². The second-order valence-corrected chi connectivity index (χ2v) is 5.23. The Morgan fingerprint density at radius 2 is 1.04 bits per heavy atom. The minimum Gasteiger partial charge on any atom is -0.454 e. The van der Waals surface area contributed by atoms with Gasteiger partial charge in [-0.25, -0.2) is 0 Å². The minimum atomic E-state index is 0.259. The van der Waals surface area contributed by atoms with E-state index >= 15 is 0 Å². The van der Waals surface area contributed by atoms with Crippen molar-refractivity contribution in [2.45, 2.75) is 0 Å². The van der Waals surface area contributed by atoms with Gasteiger partial charge in [0.2, 0.25) is 6.79 Å². The molecule has 0 amide bonds. The van der Waals surface area contributed by atoms with Crippen LogP contribution in [0.2, 0.25) is 0 Å². The van der Waals surface area contributed by atoms with Gasteiger partial charge in [0.15, 0.2) is 11.5 Å². The average molecular weight is 304 g/mol. The van der Waals surface area contributed by atoms with Crippen LogP contribution < -0.4 is 20.1 Å². The van der Waals surface area contributed by atoms with E-state index in [0.717, 1.165) is 34.2 Å². The van der Waals surface area contributed by atoms with Gasteiger partial charge in [-0.05, 0) is 24.3 Å². The standard InChI is InChI=1S/C19H16N2O2/c1-3-7-14(8-4-1)20-16-11-18-19(23-13-22-18)12-17(16)21-15-9-5-2-6-10-15/h1-12,20-21H,13H2. The molecule has 1 aliphatic heterocycles. The predicted molar refractivity (Wildman–Crippen MR) is 92.0 cm³/mol. The fraction of sp³-hybridized carbons (Fsp3) is 0.0526. The molecule has 0 atom stereocenters. The van der Waals surface area contributed by atoms with Crippen molar-refractivity contribution < 1.29 is 9.47 Å². The third kappa shape index (κ3) is 2.92. The van der Waals surface area contributed by atoms with Gasteiger partial charge in [-0.2, -0.15) is 0 Å². The van der Waals surface area contributed by atoms with E-state index < -0.39 is 0 Å². The highest BCUT2D eigenvalue weighted by molar-refractivity contribution is 5.81. The van der Waals surface area contributed by atoms with Gasteiger partial charge in [-0.1, -0.05) is 36.4 Å². The summed E-state index contributed by atoms with van der Waals surface area (Å²) in [5, 5.41) is 6.85. The van der Waals surface area contributed by atoms with Crippen LogP contribution in [0.5, 0.6) is 11.5 Å². The minimum absolute atomic E-state index is 0.259. The molecule has 0 aromatic heterocycles. The zero-order valence-electron chi connectivity index (χ0n) is 12.5. The number of rotatable bonds is 4. The summed E-state index contributed by atoms with van der Waals surface area (Å²) < 4.78 is 11.0. The molecule has 3 aromatic rings. The summed E-state index contributed by atoms with van der Waals surface area (Å²) in [6.07, 6.45) is 0. The molecular weight excluding hydrogens is 288 g/mol. The normalized spacial score (nSPS) is 12.0. The molecule has 1 heterocycles. The number of ether oxygens (including phenoxy) is 2. The Kier molecular flexibility index (Phi) is 3.48. The molecule has 3 aromatic carbocycles. The van der Waals surface area contributed by atoms with Crippen molar-refractivity contribution in [2.24, 2.45) is 0 Å². The third-order valence-electron chi connectivity index (χ3n) is 3.62. The zero-order valence-corrected chi connectivity index (χ0v) is 12.5. The fourth-order valence-electron chi connectivity index (χ4n) is 2.50. The Bertz CT molecular complexity index is 736. The summed E-state index contributed by atoms with van der Waals surface area (Å²) in [7, 11) is 0. The summed E-state index contributed by atoms with van der Waals surface area (Å²) in [6.45, 7) is 0.259. The van der Waals surface area contributed by atoms with E-state index in [9.17, 15) is 0 Å². The molecule has 0 aliphatic carbocycles. The first kappa shape index (κ1) is 13.5. The number of hydrogen-bond donors (Lipinski definition) is 2. The van der Waals surface area contributed by atoms with Crippen LogP contribution in [0.1, 0.15) is 0 Å². The maximum Gasteiger partial charge on any atom is 0.231 e. The summed E-state index contributed by atoms with van der Waals surface area (Å²) in [4.78, 5) is 0. The highest BCUT2D eigenvalue weighted by atomic mass is 16.7. The molecule has 4 heteroatoms. The maximum atomic E-state index is 5.49. The van der Waals surface area contributed by atoms with E-state index in [-0.39, 0.29) is 6.79 Å². The van der Waals surface area contributed by atoms with Crippen LogP contribution in [0.3, 0.4) is 0 Å². The first-order valence-electron chi connectivity index (χ1n) is 7.46. The summed E-state index contributed by atoms with van der Waals surface area (Å²) in [5.74, 6) is 1.50. The molecule has 0 unspecified atom stereocenters. The van der Waals surface area contributed by atoms with Gasteiger partial charge in [-0.3, -0.25) is 0 Å². The molecule has 0 fully saturated rings. The smallest absolute Gasteiger partial charge is 0.231 e. The fourth-order valence-corrected chi connectivity index (χ4v) is 2.50. The molecule has 4 rings (SSSR count). The lowest BCUT2D eigenvalue weighted by atomic mass is 10.2. The highest BCUT2D eigenvalue weighted by Gasteiger charge is 2.17. The topological polar surface area (TPSA) is 42.5 Å². The Hall–Kier alpha value is -3.14. The van der Waals surface area contributed by atoms with Crippen LogP contribution in [-0.4, -0.2) is 6.79 Å². The quantitative estimate of drug-likeness (QED) is 0.719. The van der Waals surface area contributed by atoms with Crippen molar-refractivity contribution in [3.8, 4) is 11.5 Å². The molecule has 0 spiro atoms. The van der Waals surface area contributed by atoms with E-state index in [4.69, 9.17) is 9.47 Å². The summed E-state index contributed by atoms with van der Waals surface area (Å²) in [5.41, 5.74) is 3.90. The van der Waals surface area contributed by atoms with E-state index in [1.165, 1.54) is 0 Å². The number of fused-ring (bicyclic) bond motifs is 1. The molecule has 0 saturated heterocycles. The third-order valence-corrected chi connectivity index (χ3v) is 3.62. The number of nitrogens with one attached hydrogen (secondary N) is 2. The van der Waals surface area contributed by atoms with Gasteiger partial charge in [0.1, 0.15) is 0 Å². The van der Waals surface area contributed by atoms with Crippen molar-refractivity contribution in [3.05, 3.63) is 72.8 Å². The van der Waals surface area contributed by atoms with Crippen molar-refractivity contribution >= 4 is 22.7 Å². The Morgan fingerprint density at radius 1 is 0.609 bits per heavy atom. The van der Waals surface area contributed by atoms with Crippen LogP contribution in [0.15, 0.2) is 72.8 Å². The van der Waals surface area contributed by atoms with Gasteiger partial charge >= 0.3 is 0 Å². The lowest BCUT2D eigenvalue weighted by molar-refractivity contribution is 0.174. The van der Waals surface area contributed by atoms with Gasteiger partial charge in [0.25, 0.3) is 0 Å². The molecule has 1 aliphatic rings. The van der Waals surface area contributed by atoms with Gasteiger partial charge in [0.05, 0.1) is 11.4 Å². The lowest BCUT2D eigenvalue weighted by Gasteiger charge is -2.15. The second-order valence-electron chi connectivity index (χ2n) is 5.23. The van der Waals surface area contributed by atoms with Gasteiger partial charge in [0, 0.05) is 23.5 Å². The number of anilines is 4. The SMILES string of the molecule is c1ccc(Nc2cc3c(cc2Nc2ccccc2)OCO3)cc1. The van der Waals surface area contributed by atoms with Crippen molar-refractivity contribution in [1.82, 2.24) is 0 Å². The monoisotopic (exact) mass is 304 g/mol. The van der Waals surface area contributed by atoms with Crippen molar-refractivity contribution in [2.75, 3.05) is 17.4 Å². The molecule has 23 heavy (non-hydrogen) atoms. The number of hydrogen-bond acceptors (Lipinski definition) is 4. The zero-order chi connectivity index (χ0) is 15.5. The molecule has 4 nitrogen and oxygen atoms in total. The molecule has 114 valence electrons. The van der Waals surface area contributed by atoms with Gasteiger partial charge in [-0.15, -0.1) is 0 Å². The predicted octanol–water partition coefficient (Wildman–Crippen LogP) is 4.90. The maximum absolute atomic E-state index is 5.49. The average Bonchev–Trinajstić information content (AvgIpc) is 3.04. The van der Waals surface area contributed by atoms with Crippen LogP contribution in [0.25, 0.3) is 0 Å². The van der Waals surface area contributed by atoms with Crippen molar-refractivity contribution in [3.63, 3.8) is 0 Å². The lowest BCUT2D eigenvalue weighted by Crippen LogP contribution is -1.97. The molecule has 0 saturated carbocycles. The van der Waals surface area contributed by atoms with E-state index in [0.29, 0.717) is 0 Å². The van der Waals surface area contributed by atoms with E-state index in [1.54, 1.807) is 0 Å². The van der Waals surface area contributed by atoms with E-state index in [1.807, 2.05) is 72.8 Å². The second kappa shape index (κ2) is 5.93. The van der Waals surface area contributed by atoms with Crippen LogP contribution in [0.4, 0.5) is 22.7 Å². The first-order valence-corrected chi connectivity index (χ1v) is 7.46. The largest absolute Gasteiger partial charge is 0.454 e. The Labute approximate surface area is 134 Å². The van der Waals surface area contributed by atoms with E-state index in [2.05, 4.69) is 10.6 Å². The molecular formula is C19H16N2O2. The Morgan fingerprint density at radius 3 is 1.48 bits per heavy atom. The van der Waals surface area contributed by atoms with Crippen molar-refractivity contribution in [1.29, 1.82) is 0 Å². The Balaban J connectivity index is 1.71. The molecule has 0 radical (unpaired) electrons. The number of para-hydroxylation sites is 2. The van der Waals surface area contributed by atoms with Crippen LogP contribution in [0, 0.1) is 0 Å². The molecule has 2 N–H and O–H groups in total. The molecule has 0 bridgehead atoms. The van der Waals surface area contributed by atoms with Crippen LogP contribution >= 0.6 is 0 Å². The number of benzene rings is 3. The summed E-state index contributed by atoms with van der Waals surface area (Å²) >= 11 is 0. The van der Waals surface area contributed by atoms with Crippen LogP contribution in [-0.2, 0) is 0 Å². The first-order chi connectivity index (χ1) is 11.4. The summed E-state index contributed by atoms with van der Waals surface area (Å²) in [6, 6.07) is 24.0. The highest BCUT2D eigenvalue weighted by Crippen LogP contribution is 2.41.